The summed E-state index contributed by atoms with van der Waals surface area (Å²) in [4.78, 5) is 27.2. The van der Waals surface area contributed by atoms with Crippen molar-refractivity contribution >= 4 is 11.9 Å². The van der Waals surface area contributed by atoms with E-state index in [1.165, 1.54) is 4.90 Å². The van der Waals surface area contributed by atoms with Gasteiger partial charge in [0.25, 0.3) is 0 Å². The molecule has 0 radical (unpaired) electrons. The minimum absolute atomic E-state index is 0.0993. The molecule has 1 aromatic carbocycles. The Morgan fingerprint density at radius 1 is 1.24 bits per heavy atom. The van der Waals surface area contributed by atoms with Gasteiger partial charge in [-0.2, -0.15) is 0 Å². The van der Waals surface area contributed by atoms with Crippen LogP contribution in [-0.4, -0.2) is 40.0 Å². The predicted molar refractivity (Wildman–Crippen MR) is 74.0 cm³/mol. The summed E-state index contributed by atoms with van der Waals surface area (Å²) >= 11 is 0. The number of aliphatic carboxylic acids is 1. The van der Waals surface area contributed by atoms with Gasteiger partial charge in [0.2, 0.25) is 11.8 Å². The highest BCUT2D eigenvalue weighted by Gasteiger charge is 2.16. The molecule has 2 aromatic rings. The summed E-state index contributed by atoms with van der Waals surface area (Å²) in [6.07, 6.45) is 1.56. The summed E-state index contributed by atoms with van der Waals surface area (Å²) in [5.74, 6) is -0.742. The van der Waals surface area contributed by atoms with Crippen molar-refractivity contribution in [3.63, 3.8) is 0 Å². The normalized spacial score (nSPS) is 10.7. The molecule has 3 N–H and O–H groups in total. The van der Waals surface area contributed by atoms with E-state index in [0.29, 0.717) is 11.7 Å². The van der Waals surface area contributed by atoms with Gasteiger partial charge < -0.3 is 15.3 Å². The SMILES string of the molecule is NC(=O)CN(CC(=O)O)Cc1ncc(-c2ccccc2)o1. The standard InChI is InChI=1S/C14H15N3O4/c15-12(18)7-17(9-14(19)20)8-13-16-6-11(21-13)10-4-2-1-3-5-10/h1-6H,7-9H2,(H2,15,18)(H,19,20). The molecule has 0 aliphatic rings. The van der Waals surface area contributed by atoms with Gasteiger partial charge in [0.05, 0.1) is 25.8 Å². The number of aromatic nitrogens is 1. The molecule has 0 spiro atoms. The van der Waals surface area contributed by atoms with Gasteiger partial charge in [-0.25, -0.2) is 4.98 Å². The third kappa shape index (κ3) is 4.43. The van der Waals surface area contributed by atoms with Gasteiger partial charge in [-0.1, -0.05) is 30.3 Å². The molecule has 7 nitrogen and oxygen atoms in total. The van der Waals surface area contributed by atoms with E-state index in [9.17, 15) is 9.59 Å². The van der Waals surface area contributed by atoms with Crippen LogP contribution in [0.25, 0.3) is 11.3 Å². The molecule has 1 heterocycles. The van der Waals surface area contributed by atoms with Gasteiger partial charge >= 0.3 is 5.97 Å². The Bertz CT molecular complexity index is 608. The molecule has 21 heavy (non-hydrogen) atoms. The topological polar surface area (TPSA) is 110 Å². The maximum absolute atomic E-state index is 10.9. The second-order valence-corrected chi connectivity index (χ2v) is 4.49. The third-order valence-electron chi connectivity index (χ3n) is 2.71. The number of hydrogen-bond acceptors (Lipinski definition) is 5. The molecule has 0 saturated carbocycles. The second-order valence-electron chi connectivity index (χ2n) is 4.49. The Morgan fingerprint density at radius 2 is 1.95 bits per heavy atom. The van der Waals surface area contributed by atoms with Crippen molar-refractivity contribution in [2.75, 3.05) is 13.1 Å². The van der Waals surface area contributed by atoms with Crippen molar-refractivity contribution in [2.45, 2.75) is 6.54 Å². The summed E-state index contributed by atoms with van der Waals surface area (Å²) < 4.78 is 5.57. The van der Waals surface area contributed by atoms with Crippen LogP contribution >= 0.6 is 0 Å². The number of carbonyl (C=O) groups is 2. The van der Waals surface area contributed by atoms with Gasteiger partial charge in [-0.3, -0.25) is 14.5 Å². The molecule has 0 saturated heterocycles. The van der Waals surface area contributed by atoms with E-state index in [2.05, 4.69) is 4.98 Å². The van der Waals surface area contributed by atoms with Crippen molar-refractivity contribution in [1.82, 2.24) is 9.88 Å². The van der Waals surface area contributed by atoms with E-state index < -0.39 is 11.9 Å². The maximum Gasteiger partial charge on any atom is 0.317 e. The van der Waals surface area contributed by atoms with Crippen molar-refractivity contribution in [2.24, 2.45) is 5.73 Å². The van der Waals surface area contributed by atoms with Crippen LogP contribution in [0.2, 0.25) is 0 Å². The van der Waals surface area contributed by atoms with Crippen LogP contribution in [0.3, 0.4) is 0 Å². The average molecular weight is 289 g/mol. The zero-order valence-corrected chi connectivity index (χ0v) is 11.2. The number of nitrogens with two attached hydrogens (primary N) is 1. The van der Waals surface area contributed by atoms with Crippen molar-refractivity contribution in [3.05, 3.63) is 42.4 Å². The Morgan fingerprint density at radius 3 is 2.57 bits per heavy atom. The van der Waals surface area contributed by atoms with Gasteiger partial charge in [-0.15, -0.1) is 0 Å². The maximum atomic E-state index is 10.9. The minimum atomic E-state index is -1.05. The summed E-state index contributed by atoms with van der Waals surface area (Å²) in [6.45, 7) is -0.386. The predicted octanol–water partition coefficient (Wildman–Crippen LogP) is 0.714. The van der Waals surface area contributed by atoms with Crippen molar-refractivity contribution in [3.8, 4) is 11.3 Å². The van der Waals surface area contributed by atoms with Gasteiger partial charge in [0.1, 0.15) is 0 Å². The molecular formula is C14H15N3O4. The van der Waals surface area contributed by atoms with E-state index in [1.807, 2.05) is 30.3 Å². The van der Waals surface area contributed by atoms with E-state index in [1.54, 1.807) is 6.20 Å². The first kappa shape index (κ1) is 14.7. The number of oxazole rings is 1. The highest BCUT2D eigenvalue weighted by molar-refractivity contribution is 5.77. The minimum Gasteiger partial charge on any atom is -0.480 e. The monoisotopic (exact) mass is 289 g/mol. The molecule has 1 amide bonds. The number of carboxylic acid groups (broad SMARTS) is 1. The van der Waals surface area contributed by atoms with E-state index in [4.69, 9.17) is 15.3 Å². The third-order valence-corrected chi connectivity index (χ3v) is 2.71. The van der Waals surface area contributed by atoms with Crippen LogP contribution in [0.15, 0.2) is 40.9 Å². The first-order chi connectivity index (χ1) is 10.0. The molecular weight excluding hydrogens is 274 g/mol. The smallest absolute Gasteiger partial charge is 0.317 e. The molecule has 0 atom stereocenters. The second kappa shape index (κ2) is 6.67. The van der Waals surface area contributed by atoms with Crippen LogP contribution in [-0.2, 0) is 16.1 Å². The number of nitrogens with zero attached hydrogens (tertiary/aromatic N) is 2. The Kier molecular flexibility index (Phi) is 4.68. The van der Waals surface area contributed by atoms with Crippen molar-refractivity contribution < 1.29 is 19.1 Å². The van der Waals surface area contributed by atoms with Crippen molar-refractivity contribution in [1.29, 1.82) is 0 Å². The number of carboxylic acids is 1. The number of carbonyl (C=O) groups excluding carboxylic acids is 1. The highest BCUT2D eigenvalue weighted by Crippen LogP contribution is 2.20. The summed E-state index contributed by atoms with van der Waals surface area (Å²) in [5.41, 5.74) is 5.97. The molecule has 0 aliphatic heterocycles. The molecule has 2 rings (SSSR count). The lowest BCUT2D eigenvalue weighted by Gasteiger charge is -2.15. The lowest BCUT2D eigenvalue weighted by atomic mass is 10.2. The number of benzene rings is 1. The number of amides is 1. The Hall–Kier alpha value is -2.67. The first-order valence-corrected chi connectivity index (χ1v) is 6.27. The fourth-order valence-corrected chi connectivity index (χ4v) is 1.89. The molecule has 0 aliphatic carbocycles. The lowest BCUT2D eigenvalue weighted by Crippen LogP contribution is -2.36. The summed E-state index contributed by atoms with van der Waals surface area (Å²) in [6, 6.07) is 9.40. The van der Waals surface area contributed by atoms with Crippen LogP contribution in [0.4, 0.5) is 0 Å². The van der Waals surface area contributed by atoms with Crippen LogP contribution < -0.4 is 5.73 Å². The van der Waals surface area contributed by atoms with Gasteiger partial charge in [0.15, 0.2) is 5.76 Å². The molecule has 7 heteroatoms. The van der Waals surface area contributed by atoms with Gasteiger partial charge in [-0.05, 0) is 0 Å². The highest BCUT2D eigenvalue weighted by atomic mass is 16.4. The molecule has 0 bridgehead atoms. The number of hydrogen-bond donors (Lipinski definition) is 2. The first-order valence-electron chi connectivity index (χ1n) is 6.27. The Labute approximate surface area is 121 Å². The van der Waals surface area contributed by atoms with Crippen LogP contribution in [0.1, 0.15) is 5.89 Å². The summed E-state index contributed by atoms with van der Waals surface area (Å²) in [5, 5.41) is 8.81. The van der Waals surface area contributed by atoms with E-state index in [-0.39, 0.29) is 19.6 Å². The largest absolute Gasteiger partial charge is 0.480 e. The fourth-order valence-electron chi connectivity index (χ4n) is 1.89. The molecule has 110 valence electrons. The quantitative estimate of drug-likeness (QED) is 0.777. The zero-order chi connectivity index (χ0) is 15.2. The zero-order valence-electron chi connectivity index (χ0n) is 11.2. The Balaban J connectivity index is 2.09. The molecule has 1 aromatic heterocycles. The summed E-state index contributed by atoms with van der Waals surface area (Å²) in [7, 11) is 0. The fraction of sp³-hybridized carbons (Fsp3) is 0.214. The lowest BCUT2D eigenvalue weighted by molar-refractivity contribution is -0.138. The van der Waals surface area contributed by atoms with Crippen LogP contribution in [0.5, 0.6) is 0 Å². The number of primary amides is 1. The molecule has 0 fully saturated rings. The van der Waals surface area contributed by atoms with Crippen LogP contribution in [0, 0.1) is 0 Å². The number of rotatable bonds is 7. The average Bonchev–Trinajstić information content (AvgIpc) is 2.86. The van der Waals surface area contributed by atoms with E-state index >= 15 is 0 Å². The van der Waals surface area contributed by atoms with Gasteiger partial charge in [0, 0.05) is 5.56 Å². The van der Waals surface area contributed by atoms with E-state index in [0.717, 1.165) is 5.56 Å². The molecule has 0 unspecified atom stereocenters.